The Morgan fingerprint density at radius 2 is 1.92 bits per heavy atom. The van der Waals surface area contributed by atoms with E-state index in [0.717, 1.165) is 25.8 Å². The molecule has 0 aliphatic heterocycles. The molecule has 0 heterocycles. The van der Waals surface area contributed by atoms with Crippen molar-refractivity contribution in [1.29, 1.82) is 0 Å². The van der Waals surface area contributed by atoms with Gasteiger partial charge in [0.05, 0.1) is 0 Å². The van der Waals surface area contributed by atoms with E-state index in [9.17, 15) is 4.21 Å². The highest BCUT2D eigenvalue weighted by atomic mass is 32.2. The van der Waals surface area contributed by atoms with Crippen LogP contribution >= 0.6 is 0 Å². The molecule has 13 heavy (non-hydrogen) atoms. The molecule has 0 amide bonds. The minimum atomic E-state index is -0.699. The van der Waals surface area contributed by atoms with Gasteiger partial charge in [-0.25, -0.2) is 0 Å². The Morgan fingerprint density at radius 1 is 1.31 bits per heavy atom. The van der Waals surface area contributed by atoms with E-state index in [0.29, 0.717) is 11.3 Å². The molecule has 0 fully saturated rings. The van der Waals surface area contributed by atoms with Gasteiger partial charge < -0.3 is 5.32 Å². The summed E-state index contributed by atoms with van der Waals surface area (Å²) in [6, 6.07) is 0.436. The molecule has 2 nitrogen and oxygen atoms in total. The third kappa shape index (κ3) is 4.77. The average Bonchev–Trinajstić information content (AvgIpc) is 2.05. The standard InChI is InChI=1S/C10H23NOS/c1-5-8-9(11-7-3)10(6-2)13(4)12/h9-11H,5-8H2,1-4H3. The zero-order chi connectivity index (χ0) is 10.3. The maximum atomic E-state index is 11.4. The number of rotatable bonds is 7. The summed E-state index contributed by atoms with van der Waals surface area (Å²) in [6.45, 7) is 7.37. The molecule has 0 aromatic carbocycles. The number of hydrogen-bond donors (Lipinski definition) is 1. The van der Waals surface area contributed by atoms with E-state index in [1.807, 2.05) is 6.26 Å². The molecule has 1 N–H and O–H groups in total. The maximum Gasteiger partial charge on any atom is 0.0495 e. The van der Waals surface area contributed by atoms with Crippen LogP contribution in [0.4, 0.5) is 0 Å². The summed E-state index contributed by atoms with van der Waals surface area (Å²) in [5, 5.41) is 3.74. The van der Waals surface area contributed by atoms with Crippen LogP contribution in [0.5, 0.6) is 0 Å². The lowest BCUT2D eigenvalue weighted by Crippen LogP contribution is -2.41. The molecule has 3 heteroatoms. The van der Waals surface area contributed by atoms with Gasteiger partial charge >= 0.3 is 0 Å². The van der Waals surface area contributed by atoms with Gasteiger partial charge in [-0.05, 0) is 19.4 Å². The Morgan fingerprint density at radius 3 is 2.23 bits per heavy atom. The molecule has 0 spiro atoms. The quantitative estimate of drug-likeness (QED) is 0.688. The van der Waals surface area contributed by atoms with Crippen molar-refractivity contribution in [2.45, 2.75) is 51.3 Å². The fourth-order valence-electron chi connectivity index (χ4n) is 1.74. The first kappa shape index (κ1) is 13.1. The Kier molecular flexibility index (Phi) is 7.57. The summed E-state index contributed by atoms with van der Waals surface area (Å²) in [7, 11) is -0.699. The van der Waals surface area contributed by atoms with Gasteiger partial charge in [0.1, 0.15) is 0 Å². The summed E-state index contributed by atoms with van der Waals surface area (Å²) >= 11 is 0. The van der Waals surface area contributed by atoms with Crippen LogP contribution in [0, 0.1) is 0 Å². The van der Waals surface area contributed by atoms with Gasteiger partial charge in [0.2, 0.25) is 0 Å². The van der Waals surface area contributed by atoms with Gasteiger partial charge in [-0.1, -0.05) is 27.2 Å². The van der Waals surface area contributed by atoms with Crippen LogP contribution in [0.15, 0.2) is 0 Å². The first-order valence-electron chi connectivity index (χ1n) is 5.22. The van der Waals surface area contributed by atoms with Crippen molar-refractivity contribution in [3.8, 4) is 0 Å². The molecule has 0 aromatic heterocycles. The lowest BCUT2D eigenvalue weighted by atomic mass is 10.1. The highest BCUT2D eigenvalue weighted by Crippen LogP contribution is 2.11. The van der Waals surface area contributed by atoms with Crippen LogP contribution in [-0.2, 0) is 10.8 Å². The second-order valence-corrected chi connectivity index (χ2v) is 5.00. The van der Waals surface area contributed by atoms with Crippen molar-refractivity contribution in [3.05, 3.63) is 0 Å². The first-order chi connectivity index (χ1) is 6.17. The molecule has 3 atom stereocenters. The molecule has 0 aliphatic rings. The van der Waals surface area contributed by atoms with E-state index < -0.39 is 10.8 Å². The Balaban J connectivity index is 4.20. The van der Waals surface area contributed by atoms with E-state index in [1.165, 1.54) is 0 Å². The Bertz CT molecular complexity index is 144. The Labute approximate surface area is 84.9 Å². The molecule has 0 saturated heterocycles. The van der Waals surface area contributed by atoms with E-state index >= 15 is 0 Å². The van der Waals surface area contributed by atoms with Crippen molar-refractivity contribution in [2.24, 2.45) is 0 Å². The van der Waals surface area contributed by atoms with Gasteiger partial charge in [-0.2, -0.15) is 0 Å². The van der Waals surface area contributed by atoms with Crippen LogP contribution in [0.3, 0.4) is 0 Å². The van der Waals surface area contributed by atoms with Crippen molar-refractivity contribution in [1.82, 2.24) is 5.32 Å². The highest BCUT2D eigenvalue weighted by molar-refractivity contribution is 7.84. The number of hydrogen-bond acceptors (Lipinski definition) is 2. The lowest BCUT2D eigenvalue weighted by molar-refractivity contribution is 0.459. The highest BCUT2D eigenvalue weighted by Gasteiger charge is 2.21. The summed E-state index contributed by atoms with van der Waals surface area (Å²) in [4.78, 5) is 0. The van der Waals surface area contributed by atoms with E-state index in [2.05, 4.69) is 26.1 Å². The fraction of sp³-hybridized carbons (Fsp3) is 1.00. The summed E-state index contributed by atoms with van der Waals surface area (Å²) in [5.74, 6) is 0. The second kappa shape index (κ2) is 7.51. The van der Waals surface area contributed by atoms with Crippen molar-refractivity contribution in [2.75, 3.05) is 12.8 Å². The zero-order valence-electron chi connectivity index (χ0n) is 9.30. The van der Waals surface area contributed by atoms with Crippen molar-refractivity contribution in [3.63, 3.8) is 0 Å². The van der Waals surface area contributed by atoms with Crippen molar-refractivity contribution >= 4 is 10.8 Å². The third-order valence-electron chi connectivity index (χ3n) is 2.34. The minimum absolute atomic E-state index is 0.319. The molecule has 0 bridgehead atoms. The maximum absolute atomic E-state index is 11.4. The summed E-state index contributed by atoms with van der Waals surface area (Å²) in [5.41, 5.74) is 0. The van der Waals surface area contributed by atoms with Gasteiger partial charge in [0, 0.05) is 28.3 Å². The molecule has 80 valence electrons. The van der Waals surface area contributed by atoms with Gasteiger partial charge in [-0.3, -0.25) is 4.21 Å². The number of nitrogens with one attached hydrogen (secondary N) is 1. The van der Waals surface area contributed by atoms with Crippen LogP contribution in [0.1, 0.15) is 40.0 Å². The average molecular weight is 205 g/mol. The topological polar surface area (TPSA) is 29.1 Å². The minimum Gasteiger partial charge on any atom is -0.313 e. The molecule has 0 radical (unpaired) electrons. The Hall–Kier alpha value is 0.110. The van der Waals surface area contributed by atoms with Crippen LogP contribution < -0.4 is 5.32 Å². The smallest absolute Gasteiger partial charge is 0.0495 e. The molecule has 3 unspecified atom stereocenters. The second-order valence-electron chi connectivity index (χ2n) is 3.40. The summed E-state index contributed by atoms with van der Waals surface area (Å²) in [6.07, 6.45) is 5.10. The zero-order valence-corrected chi connectivity index (χ0v) is 10.1. The molecule has 0 aromatic rings. The molecule has 0 rings (SSSR count). The van der Waals surface area contributed by atoms with Gasteiger partial charge in [0.15, 0.2) is 0 Å². The monoisotopic (exact) mass is 205 g/mol. The van der Waals surface area contributed by atoms with E-state index in [1.54, 1.807) is 0 Å². The molecular weight excluding hydrogens is 182 g/mol. The lowest BCUT2D eigenvalue weighted by Gasteiger charge is -2.24. The van der Waals surface area contributed by atoms with Gasteiger partial charge in [0.25, 0.3) is 0 Å². The summed E-state index contributed by atoms with van der Waals surface area (Å²) < 4.78 is 11.4. The van der Waals surface area contributed by atoms with Crippen LogP contribution in [-0.4, -0.2) is 28.3 Å². The van der Waals surface area contributed by atoms with Crippen LogP contribution in [0.2, 0.25) is 0 Å². The third-order valence-corrected chi connectivity index (χ3v) is 3.86. The molecule has 0 saturated carbocycles. The fourth-order valence-corrected chi connectivity index (χ4v) is 2.91. The van der Waals surface area contributed by atoms with E-state index in [-0.39, 0.29) is 0 Å². The normalized spacial score (nSPS) is 18.2. The van der Waals surface area contributed by atoms with Crippen molar-refractivity contribution < 1.29 is 4.21 Å². The van der Waals surface area contributed by atoms with Crippen LogP contribution in [0.25, 0.3) is 0 Å². The predicted octanol–water partition coefficient (Wildman–Crippen LogP) is 1.92. The molecule has 0 aliphatic carbocycles. The predicted molar refractivity (Wildman–Crippen MR) is 60.5 cm³/mol. The SMILES string of the molecule is CCCC(NCC)C(CC)S(C)=O. The van der Waals surface area contributed by atoms with Gasteiger partial charge in [-0.15, -0.1) is 0 Å². The molecular formula is C10H23NOS. The van der Waals surface area contributed by atoms with E-state index in [4.69, 9.17) is 0 Å². The largest absolute Gasteiger partial charge is 0.313 e. The first-order valence-corrected chi connectivity index (χ1v) is 6.85.